The number of aromatic nitrogens is 1. The van der Waals surface area contributed by atoms with Gasteiger partial charge in [-0.1, -0.05) is 12.1 Å². The van der Waals surface area contributed by atoms with E-state index in [9.17, 15) is 0 Å². The van der Waals surface area contributed by atoms with E-state index in [1.165, 1.54) is 5.56 Å². The second kappa shape index (κ2) is 5.98. The topological polar surface area (TPSA) is 34.1 Å². The van der Waals surface area contributed by atoms with Gasteiger partial charge in [0.1, 0.15) is 5.75 Å². The zero-order chi connectivity index (χ0) is 13.0. The second-order valence-electron chi connectivity index (χ2n) is 4.08. The first-order chi connectivity index (χ1) is 8.69. The van der Waals surface area contributed by atoms with Crippen LogP contribution in [0.25, 0.3) is 0 Å². The standard InChI is InChI=1S/C14H15BrN2O/c1-10-6-13(15)14(17-8-10)18-12-5-3-4-11(7-12)9-16-2/h3-8,16H,9H2,1-2H3. The fraction of sp³-hybridized carbons (Fsp3) is 0.214. The van der Waals surface area contributed by atoms with Gasteiger partial charge in [0.15, 0.2) is 0 Å². The molecule has 1 aromatic heterocycles. The van der Waals surface area contributed by atoms with E-state index in [1.807, 2.05) is 38.2 Å². The molecule has 4 heteroatoms. The number of nitrogens with one attached hydrogen (secondary N) is 1. The van der Waals surface area contributed by atoms with Gasteiger partial charge in [0.2, 0.25) is 5.88 Å². The van der Waals surface area contributed by atoms with E-state index in [0.717, 1.165) is 22.3 Å². The molecule has 0 bridgehead atoms. The molecule has 2 aromatic rings. The first-order valence-corrected chi connectivity index (χ1v) is 6.52. The van der Waals surface area contributed by atoms with Crippen molar-refractivity contribution in [1.82, 2.24) is 10.3 Å². The minimum Gasteiger partial charge on any atom is -0.438 e. The molecule has 1 heterocycles. The van der Waals surface area contributed by atoms with Crippen molar-refractivity contribution in [1.29, 1.82) is 0 Å². The predicted molar refractivity (Wildman–Crippen MR) is 76.0 cm³/mol. The number of ether oxygens (including phenoxy) is 1. The molecular weight excluding hydrogens is 292 g/mol. The third kappa shape index (κ3) is 3.31. The normalized spacial score (nSPS) is 10.4. The molecule has 0 radical (unpaired) electrons. The summed E-state index contributed by atoms with van der Waals surface area (Å²) in [7, 11) is 1.92. The number of hydrogen-bond donors (Lipinski definition) is 1. The number of pyridine rings is 1. The molecule has 0 spiro atoms. The summed E-state index contributed by atoms with van der Waals surface area (Å²) in [6, 6.07) is 9.95. The van der Waals surface area contributed by atoms with Gasteiger partial charge in [-0.3, -0.25) is 0 Å². The van der Waals surface area contributed by atoms with Crippen LogP contribution in [-0.2, 0) is 6.54 Å². The summed E-state index contributed by atoms with van der Waals surface area (Å²) < 4.78 is 6.63. The van der Waals surface area contributed by atoms with E-state index < -0.39 is 0 Å². The summed E-state index contributed by atoms with van der Waals surface area (Å²) >= 11 is 3.45. The summed E-state index contributed by atoms with van der Waals surface area (Å²) in [5.74, 6) is 1.38. The van der Waals surface area contributed by atoms with Crippen LogP contribution in [-0.4, -0.2) is 12.0 Å². The van der Waals surface area contributed by atoms with Gasteiger partial charge in [-0.05, 0) is 59.2 Å². The Morgan fingerprint density at radius 1 is 1.33 bits per heavy atom. The molecule has 3 nitrogen and oxygen atoms in total. The smallest absolute Gasteiger partial charge is 0.233 e. The van der Waals surface area contributed by atoms with E-state index in [2.05, 4.69) is 32.3 Å². The fourth-order valence-electron chi connectivity index (χ4n) is 1.63. The van der Waals surface area contributed by atoms with E-state index in [0.29, 0.717) is 5.88 Å². The third-order valence-corrected chi connectivity index (χ3v) is 3.01. The number of aryl methyl sites for hydroxylation is 1. The largest absolute Gasteiger partial charge is 0.438 e. The maximum Gasteiger partial charge on any atom is 0.233 e. The van der Waals surface area contributed by atoms with E-state index in [1.54, 1.807) is 6.20 Å². The molecule has 0 aliphatic carbocycles. The van der Waals surface area contributed by atoms with Crippen LogP contribution in [0.2, 0.25) is 0 Å². The van der Waals surface area contributed by atoms with Crippen molar-refractivity contribution < 1.29 is 4.74 Å². The molecule has 0 saturated carbocycles. The molecule has 1 N–H and O–H groups in total. The van der Waals surface area contributed by atoms with Crippen LogP contribution in [0.4, 0.5) is 0 Å². The zero-order valence-electron chi connectivity index (χ0n) is 10.4. The molecule has 0 aliphatic heterocycles. The Morgan fingerprint density at radius 3 is 2.89 bits per heavy atom. The summed E-state index contributed by atoms with van der Waals surface area (Å²) in [5, 5.41) is 3.11. The maximum absolute atomic E-state index is 5.77. The molecule has 0 saturated heterocycles. The Morgan fingerprint density at radius 2 is 2.17 bits per heavy atom. The van der Waals surface area contributed by atoms with Crippen molar-refractivity contribution in [2.45, 2.75) is 13.5 Å². The van der Waals surface area contributed by atoms with Crippen molar-refractivity contribution in [3.05, 3.63) is 52.1 Å². The Hall–Kier alpha value is -1.39. The molecule has 0 amide bonds. The summed E-state index contributed by atoms with van der Waals surface area (Å²) in [6.07, 6.45) is 1.79. The molecule has 94 valence electrons. The van der Waals surface area contributed by atoms with Crippen LogP contribution < -0.4 is 10.1 Å². The lowest BCUT2D eigenvalue weighted by molar-refractivity contribution is 0.458. The first kappa shape index (κ1) is 13.1. The summed E-state index contributed by atoms with van der Waals surface area (Å²) in [6.45, 7) is 2.81. The van der Waals surface area contributed by atoms with Gasteiger partial charge < -0.3 is 10.1 Å². The lowest BCUT2D eigenvalue weighted by atomic mass is 10.2. The Kier molecular flexibility index (Phi) is 4.33. The second-order valence-corrected chi connectivity index (χ2v) is 4.93. The SMILES string of the molecule is CNCc1cccc(Oc2ncc(C)cc2Br)c1. The molecule has 1 aromatic carbocycles. The minimum absolute atomic E-state index is 0.585. The number of nitrogens with zero attached hydrogens (tertiary/aromatic N) is 1. The number of hydrogen-bond acceptors (Lipinski definition) is 3. The molecule has 0 atom stereocenters. The van der Waals surface area contributed by atoms with Crippen molar-refractivity contribution in [2.24, 2.45) is 0 Å². The summed E-state index contributed by atoms with van der Waals surface area (Å²) in [4.78, 5) is 4.26. The monoisotopic (exact) mass is 306 g/mol. The molecule has 0 unspecified atom stereocenters. The van der Waals surface area contributed by atoms with Gasteiger partial charge in [-0.15, -0.1) is 0 Å². The summed E-state index contributed by atoms with van der Waals surface area (Å²) in [5.41, 5.74) is 2.27. The Bertz CT molecular complexity index is 543. The Labute approximate surface area is 115 Å². The average molecular weight is 307 g/mol. The van der Waals surface area contributed by atoms with Crippen LogP contribution >= 0.6 is 15.9 Å². The van der Waals surface area contributed by atoms with Crippen LogP contribution in [0.3, 0.4) is 0 Å². The van der Waals surface area contributed by atoms with Gasteiger partial charge in [0.05, 0.1) is 4.47 Å². The average Bonchev–Trinajstić information content (AvgIpc) is 2.34. The molecule has 0 aliphatic rings. The number of rotatable bonds is 4. The van der Waals surface area contributed by atoms with Crippen LogP contribution in [0, 0.1) is 6.92 Å². The van der Waals surface area contributed by atoms with Gasteiger partial charge in [-0.25, -0.2) is 4.98 Å². The molecule has 0 fully saturated rings. The fourth-order valence-corrected chi connectivity index (χ4v) is 2.18. The molecule has 18 heavy (non-hydrogen) atoms. The Balaban J connectivity index is 2.20. The van der Waals surface area contributed by atoms with E-state index in [-0.39, 0.29) is 0 Å². The highest BCUT2D eigenvalue weighted by molar-refractivity contribution is 9.10. The van der Waals surface area contributed by atoms with Crippen molar-refractivity contribution in [3.63, 3.8) is 0 Å². The first-order valence-electron chi connectivity index (χ1n) is 5.72. The van der Waals surface area contributed by atoms with Crippen molar-refractivity contribution >= 4 is 15.9 Å². The lowest BCUT2D eigenvalue weighted by Crippen LogP contribution is -2.04. The third-order valence-electron chi connectivity index (χ3n) is 2.44. The van der Waals surface area contributed by atoms with E-state index >= 15 is 0 Å². The minimum atomic E-state index is 0.585. The number of halogens is 1. The van der Waals surface area contributed by atoms with Crippen molar-refractivity contribution in [2.75, 3.05) is 7.05 Å². The van der Waals surface area contributed by atoms with Gasteiger partial charge in [0.25, 0.3) is 0 Å². The van der Waals surface area contributed by atoms with Crippen molar-refractivity contribution in [3.8, 4) is 11.6 Å². The van der Waals surface area contributed by atoms with Crippen LogP contribution in [0.15, 0.2) is 41.0 Å². The quantitative estimate of drug-likeness (QED) is 0.936. The van der Waals surface area contributed by atoms with Gasteiger partial charge >= 0.3 is 0 Å². The highest BCUT2D eigenvalue weighted by Crippen LogP contribution is 2.28. The van der Waals surface area contributed by atoms with Crippen LogP contribution in [0.5, 0.6) is 11.6 Å². The predicted octanol–water partition coefficient (Wildman–Crippen LogP) is 3.66. The molecular formula is C14H15BrN2O. The lowest BCUT2D eigenvalue weighted by Gasteiger charge is -2.08. The van der Waals surface area contributed by atoms with Gasteiger partial charge in [-0.2, -0.15) is 0 Å². The zero-order valence-corrected chi connectivity index (χ0v) is 12.0. The van der Waals surface area contributed by atoms with E-state index in [4.69, 9.17) is 4.74 Å². The van der Waals surface area contributed by atoms with Crippen LogP contribution in [0.1, 0.15) is 11.1 Å². The number of benzene rings is 1. The maximum atomic E-state index is 5.77. The highest BCUT2D eigenvalue weighted by atomic mass is 79.9. The highest BCUT2D eigenvalue weighted by Gasteiger charge is 2.05. The van der Waals surface area contributed by atoms with Gasteiger partial charge in [0, 0.05) is 12.7 Å². The molecule has 2 rings (SSSR count).